The van der Waals surface area contributed by atoms with Crippen molar-refractivity contribution < 1.29 is 0 Å². The van der Waals surface area contributed by atoms with E-state index in [1.165, 1.54) is 5.56 Å². The van der Waals surface area contributed by atoms with Crippen LogP contribution in [0.4, 0.5) is 0 Å². The van der Waals surface area contributed by atoms with Crippen LogP contribution in [0.1, 0.15) is 50.8 Å². The molecule has 0 radical (unpaired) electrons. The van der Waals surface area contributed by atoms with E-state index in [1.807, 2.05) is 13.0 Å². The molecule has 0 amide bonds. The third-order valence-electron chi connectivity index (χ3n) is 3.87. The van der Waals surface area contributed by atoms with Gasteiger partial charge in [0.25, 0.3) is 5.56 Å². The minimum atomic E-state index is -0.294. The number of benzene rings is 1. The van der Waals surface area contributed by atoms with Crippen LogP contribution in [0, 0.1) is 0 Å². The molecule has 0 aliphatic rings. The summed E-state index contributed by atoms with van der Waals surface area (Å²) >= 11 is 0. The molecule has 118 valence electrons. The Labute approximate surface area is 132 Å². The maximum absolute atomic E-state index is 12.4. The zero-order chi connectivity index (χ0) is 16.1. The van der Waals surface area contributed by atoms with Crippen molar-refractivity contribution >= 4 is 0 Å². The Bertz CT molecular complexity index is 672. The van der Waals surface area contributed by atoms with Gasteiger partial charge in [-0.2, -0.15) is 5.10 Å². The lowest BCUT2D eigenvalue weighted by Gasteiger charge is -2.12. The zero-order valence-corrected chi connectivity index (χ0v) is 13.7. The van der Waals surface area contributed by atoms with Crippen LogP contribution in [0.25, 0.3) is 11.3 Å². The van der Waals surface area contributed by atoms with Crippen LogP contribution in [0.15, 0.2) is 35.1 Å². The Morgan fingerprint density at radius 3 is 2.45 bits per heavy atom. The van der Waals surface area contributed by atoms with Crippen molar-refractivity contribution in [3.05, 3.63) is 51.8 Å². The van der Waals surface area contributed by atoms with Gasteiger partial charge in [-0.25, -0.2) is 4.68 Å². The highest BCUT2D eigenvalue weighted by Crippen LogP contribution is 2.19. The van der Waals surface area contributed by atoms with Crippen molar-refractivity contribution in [1.82, 2.24) is 9.78 Å². The Morgan fingerprint density at radius 1 is 1.23 bits per heavy atom. The number of aromatic nitrogens is 2. The maximum Gasteiger partial charge on any atom is 0.271 e. The fourth-order valence-electron chi connectivity index (χ4n) is 2.40. The molecule has 2 N–H and O–H groups in total. The van der Waals surface area contributed by atoms with Crippen LogP contribution in [0.3, 0.4) is 0 Å². The first-order valence-electron chi connectivity index (χ1n) is 8.03. The van der Waals surface area contributed by atoms with Gasteiger partial charge in [-0.05, 0) is 31.4 Å². The summed E-state index contributed by atoms with van der Waals surface area (Å²) in [5.74, 6) is 0. The second-order valence-corrected chi connectivity index (χ2v) is 5.71. The molecule has 0 saturated carbocycles. The molecule has 22 heavy (non-hydrogen) atoms. The summed E-state index contributed by atoms with van der Waals surface area (Å²) in [6.45, 7) is 6.71. The van der Waals surface area contributed by atoms with E-state index in [4.69, 9.17) is 5.73 Å². The number of hydrogen-bond donors (Lipinski definition) is 1. The molecule has 4 heteroatoms. The number of nitrogens with two attached hydrogens (primary N) is 1. The number of hydrogen-bond acceptors (Lipinski definition) is 3. The molecular formula is C18H25N3O. The van der Waals surface area contributed by atoms with E-state index in [0.29, 0.717) is 12.1 Å². The quantitative estimate of drug-likeness (QED) is 0.890. The summed E-state index contributed by atoms with van der Waals surface area (Å²) in [5.41, 5.74) is 9.63. The fourth-order valence-corrected chi connectivity index (χ4v) is 2.40. The Kier molecular flexibility index (Phi) is 5.50. The van der Waals surface area contributed by atoms with Crippen molar-refractivity contribution in [2.75, 3.05) is 0 Å². The molecule has 0 fully saturated rings. The zero-order valence-electron chi connectivity index (χ0n) is 13.7. The number of nitrogens with zero attached hydrogens (tertiary/aromatic N) is 2. The average molecular weight is 299 g/mol. The molecule has 1 unspecified atom stereocenters. The van der Waals surface area contributed by atoms with Crippen LogP contribution < -0.4 is 11.3 Å². The van der Waals surface area contributed by atoms with Crippen molar-refractivity contribution in [1.29, 1.82) is 0 Å². The SMILES string of the molecule is CCCCn1nc(-c2ccc(CC)cc2)cc(C(C)N)c1=O. The molecule has 1 heterocycles. The molecule has 1 aromatic heterocycles. The summed E-state index contributed by atoms with van der Waals surface area (Å²) in [4.78, 5) is 12.4. The molecule has 0 bridgehead atoms. The molecule has 0 aliphatic carbocycles. The molecular weight excluding hydrogens is 274 g/mol. The van der Waals surface area contributed by atoms with Gasteiger partial charge in [0, 0.05) is 23.7 Å². The summed E-state index contributed by atoms with van der Waals surface area (Å²) in [6, 6.07) is 9.85. The topological polar surface area (TPSA) is 60.9 Å². The van der Waals surface area contributed by atoms with Crippen LogP contribution in [-0.2, 0) is 13.0 Å². The first-order valence-corrected chi connectivity index (χ1v) is 8.03. The number of rotatable bonds is 6. The molecule has 2 aromatic rings. The number of unbranched alkanes of at least 4 members (excludes halogenated alkanes) is 1. The second-order valence-electron chi connectivity index (χ2n) is 5.71. The van der Waals surface area contributed by atoms with Gasteiger partial charge in [0.2, 0.25) is 0 Å². The third-order valence-corrected chi connectivity index (χ3v) is 3.87. The predicted octanol–water partition coefficient (Wildman–Crippen LogP) is 3.29. The molecule has 1 aromatic carbocycles. The van der Waals surface area contributed by atoms with Crippen molar-refractivity contribution in [3.8, 4) is 11.3 Å². The van der Waals surface area contributed by atoms with E-state index < -0.39 is 0 Å². The Hall–Kier alpha value is -1.94. The summed E-state index contributed by atoms with van der Waals surface area (Å²) in [5, 5.41) is 4.53. The first kappa shape index (κ1) is 16.4. The van der Waals surface area contributed by atoms with Gasteiger partial charge in [-0.3, -0.25) is 4.79 Å². The van der Waals surface area contributed by atoms with Gasteiger partial charge in [-0.1, -0.05) is 44.5 Å². The van der Waals surface area contributed by atoms with Gasteiger partial charge in [0.1, 0.15) is 0 Å². The van der Waals surface area contributed by atoms with Crippen molar-refractivity contribution in [2.24, 2.45) is 5.73 Å². The smallest absolute Gasteiger partial charge is 0.271 e. The van der Waals surface area contributed by atoms with E-state index in [9.17, 15) is 4.79 Å². The van der Waals surface area contributed by atoms with Crippen LogP contribution >= 0.6 is 0 Å². The first-order chi connectivity index (χ1) is 10.6. The minimum Gasteiger partial charge on any atom is -0.324 e. The standard InChI is InChI=1S/C18H25N3O/c1-4-6-11-21-18(22)16(13(3)19)12-17(20-21)15-9-7-14(5-2)8-10-15/h7-10,12-13H,4-6,11,19H2,1-3H3. The summed E-state index contributed by atoms with van der Waals surface area (Å²) in [7, 11) is 0. The summed E-state index contributed by atoms with van der Waals surface area (Å²) in [6.07, 6.45) is 2.97. The van der Waals surface area contributed by atoms with Crippen LogP contribution in [-0.4, -0.2) is 9.78 Å². The second kappa shape index (κ2) is 7.36. The van der Waals surface area contributed by atoms with Gasteiger partial charge in [0.15, 0.2) is 0 Å². The minimum absolute atomic E-state index is 0.0719. The highest BCUT2D eigenvalue weighted by molar-refractivity contribution is 5.59. The lowest BCUT2D eigenvalue weighted by molar-refractivity contribution is 0.536. The third kappa shape index (κ3) is 3.63. The molecule has 0 spiro atoms. The lowest BCUT2D eigenvalue weighted by atomic mass is 10.0. The van der Waals surface area contributed by atoms with Crippen LogP contribution in [0.5, 0.6) is 0 Å². The highest BCUT2D eigenvalue weighted by atomic mass is 16.1. The highest BCUT2D eigenvalue weighted by Gasteiger charge is 2.12. The van der Waals surface area contributed by atoms with E-state index >= 15 is 0 Å². The lowest BCUT2D eigenvalue weighted by Crippen LogP contribution is -2.29. The van der Waals surface area contributed by atoms with Crippen molar-refractivity contribution in [3.63, 3.8) is 0 Å². The monoisotopic (exact) mass is 299 g/mol. The van der Waals surface area contributed by atoms with E-state index in [-0.39, 0.29) is 11.6 Å². The summed E-state index contributed by atoms with van der Waals surface area (Å²) < 4.78 is 1.56. The van der Waals surface area contributed by atoms with Crippen molar-refractivity contribution in [2.45, 2.75) is 52.6 Å². The van der Waals surface area contributed by atoms with Gasteiger partial charge in [0.05, 0.1) is 5.69 Å². The van der Waals surface area contributed by atoms with Gasteiger partial charge in [-0.15, -0.1) is 0 Å². The molecule has 2 rings (SSSR count). The van der Waals surface area contributed by atoms with Gasteiger partial charge < -0.3 is 5.73 Å². The fraction of sp³-hybridized carbons (Fsp3) is 0.444. The molecule has 0 aliphatic heterocycles. The van der Waals surface area contributed by atoms with Crippen LogP contribution in [0.2, 0.25) is 0 Å². The maximum atomic E-state index is 12.4. The molecule has 0 saturated heterocycles. The average Bonchev–Trinajstić information content (AvgIpc) is 2.53. The van der Waals surface area contributed by atoms with Gasteiger partial charge >= 0.3 is 0 Å². The Morgan fingerprint density at radius 2 is 1.91 bits per heavy atom. The van der Waals surface area contributed by atoms with E-state index in [0.717, 1.165) is 30.5 Å². The molecule has 4 nitrogen and oxygen atoms in total. The van der Waals surface area contributed by atoms with E-state index in [1.54, 1.807) is 4.68 Å². The Balaban J connectivity index is 2.49. The predicted molar refractivity (Wildman–Crippen MR) is 90.8 cm³/mol. The van der Waals surface area contributed by atoms with E-state index in [2.05, 4.69) is 43.2 Å². The molecule has 1 atom stereocenters. The largest absolute Gasteiger partial charge is 0.324 e. The number of aryl methyl sites for hydroxylation is 2. The normalized spacial score (nSPS) is 12.4.